The van der Waals surface area contributed by atoms with E-state index in [1.54, 1.807) is 12.1 Å². The van der Waals surface area contributed by atoms with E-state index in [4.69, 9.17) is 5.73 Å². The molecule has 0 radical (unpaired) electrons. The smallest absolute Gasteiger partial charge is 0.404 e. The lowest BCUT2D eigenvalue weighted by Crippen LogP contribution is -2.46. The lowest BCUT2D eigenvalue weighted by Gasteiger charge is -2.35. The Morgan fingerprint density at radius 1 is 1.13 bits per heavy atom. The third kappa shape index (κ3) is 6.48. The quantitative estimate of drug-likeness (QED) is 0.407. The van der Waals surface area contributed by atoms with Crippen molar-refractivity contribution in [1.29, 1.82) is 0 Å². The summed E-state index contributed by atoms with van der Waals surface area (Å²) in [6.07, 6.45) is -4.83. The lowest BCUT2D eigenvalue weighted by molar-refractivity contribution is -0.274. The minimum atomic E-state index is -4.83. The molecule has 3 N–H and O–H groups in total. The standard InChI is InChI=1S/C21H25F4N5O/c1-2-29-9-11-30(12-10-29)18-8-7-15(13-16(18)22)14-27-20(26)28-17-5-3-4-6-19(17)31-21(23,24)25/h3-8,13H,2,9-12,14H2,1H3,(H3,26,27,28). The van der Waals surface area contributed by atoms with Gasteiger partial charge in [-0.15, -0.1) is 13.2 Å². The predicted molar refractivity (Wildman–Crippen MR) is 113 cm³/mol. The number of piperazine rings is 1. The monoisotopic (exact) mass is 439 g/mol. The summed E-state index contributed by atoms with van der Waals surface area (Å²) in [6, 6.07) is 10.4. The first-order valence-corrected chi connectivity index (χ1v) is 9.92. The number of guanidine groups is 1. The molecule has 0 spiro atoms. The van der Waals surface area contributed by atoms with Crippen molar-refractivity contribution in [2.24, 2.45) is 10.7 Å². The normalized spacial score (nSPS) is 15.8. The van der Waals surface area contributed by atoms with Crippen molar-refractivity contribution in [3.05, 3.63) is 53.8 Å². The first-order valence-electron chi connectivity index (χ1n) is 9.92. The maximum absolute atomic E-state index is 14.6. The van der Waals surface area contributed by atoms with Crippen molar-refractivity contribution >= 4 is 17.3 Å². The number of hydrogen-bond donors (Lipinski definition) is 2. The van der Waals surface area contributed by atoms with Gasteiger partial charge in [-0.05, 0) is 36.4 Å². The first kappa shape index (κ1) is 22.7. The highest BCUT2D eigenvalue weighted by Crippen LogP contribution is 2.29. The number of halogens is 4. The average molecular weight is 439 g/mol. The molecule has 0 unspecified atom stereocenters. The summed E-state index contributed by atoms with van der Waals surface area (Å²) in [5, 5.41) is 2.59. The average Bonchev–Trinajstić information content (AvgIpc) is 2.73. The predicted octanol–water partition coefficient (Wildman–Crippen LogP) is 3.79. The van der Waals surface area contributed by atoms with Crippen LogP contribution in [0, 0.1) is 5.82 Å². The third-order valence-electron chi connectivity index (χ3n) is 4.98. The molecule has 168 valence electrons. The third-order valence-corrected chi connectivity index (χ3v) is 4.98. The molecule has 1 heterocycles. The molecule has 0 aromatic heterocycles. The van der Waals surface area contributed by atoms with Crippen LogP contribution in [0.2, 0.25) is 0 Å². The zero-order valence-electron chi connectivity index (χ0n) is 17.1. The van der Waals surface area contributed by atoms with Crippen LogP contribution in [0.25, 0.3) is 0 Å². The molecule has 31 heavy (non-hydrogen) atoms. The van der Waals surface area contributed by atoms with Crippen LogP contribution in [0.1, 0.15) is 12.5 Å². The molecule has 1 aliphatic heterocycles. The number of ether oxygens (including phenoxy) is 1. The summed E-state index contributed by atoms with van der Waals surface area (Å²) >= 11 is 0. The van der Waals surface area contributed by atoms with E-state index >= 15 is 0 Å². The number of rotatable bonds is 6. The summed E-state index contributed by atoms with van der Waals surface area (Å²) in [4.78, 5) is 8.42. The van der Waals surface area contributed by atoms with Crippen molar-refractivity contribution in [2.75, 3.05) is 42.9 Å². The van der Waals surface area contributed by atoms with Gasteiger partial charge in [-0.2, -0.15) is 0 Å². The van der Waals surface area contributed by atoms with Gasteiger partial charge >= 0.3 is 6.36 Å². The van der Waals surface area contributed by atoms with Crippen LogP contribution in [-0.2, 0) is 6.54 Å². The number of para-hydroxylation sites is 2. The molecule has 0 amide bonds. The second-order valence-electron chi connectivity index (χ2n) is 7.08. The van der Waals surface area contributed by atoms with Crippen molar-refractivity contribution < 1.29 is 22.3 Å². The molecular weight excluding hydrogens is 414 g/mol. The summed E-state index contributed by atoms with van der Waals surface area (Å²) in [5.74, 6) is -0.877. The zero-order valence-corrected chi connectivity index (χ0v) is 17.1. The number of aliphatic imine (C=N–C) groups is 1. The maximum atomic E-state index is 14.6. The van der Waals surface area contributed by atoms with Gasteiger partial charge in [-0.25, -0.2) is 9.38 Å². The molecule has 0 atom stereocenters. The van der Waals surface area contributed by atoms with E-state index in [1.807, 2.05) is 4.90 Å². The van der Waals surface area contributed by atoms with Crippen LogP contribution in [0.3, 0.4) is 0 Å². The Hall–Kier alpha value is -3.01. The molecule has 0 aliphatic carbocycles. The summed E-state index contributed by atoms with van der Waals surface area (Å²) in [7, 11) is 0. The Kier molecular flexibility index (Phi) is 7.21. The SMILES string of the molecule is CCN1CCN(c2ccc(CN=C(N)Nc3ccccc3OC(F)(F)F)cc2F)CC1. The number of anilines is 2. The van der Waals surface area contributed by atoms with Crippen molar-refractivity contribution in [3.8, 4) is 5.75 Å². The Bertz CT molecular complexity index is 911. The van der Waals surface area contributed by atoms with Gasteiger partial charge in [0.1, 0.15) is 5.82 Å². The molecule has 0 bridgehead atoms. The number of alkyl halides is 3. The molecule has 2 aromatic rings. The van der Waals surface area contributed by atoms with E-state index < -0.39 is 12.1 Å². The minimum Gasteiger partial charge on any atom is -0.404 e. The fourth-order valence-corrected chi connectivity index (χ4v) is 3.35. The fourth-order valence-electron chi connectivity index (χ4n) is 3.35. The Morgan fingerprint density at radius 3 is 2.48 bits per heavy atom. The molecule has 1 saturated heterocycles. The second-order valence-corrected chi connectivity index (χ2v) is 7.08. The molecule has 1 aliphatic rings. The van der Waals surface area contributed by atoms with Crippen LogP contribution in [0.5, 0.6) is 5.75 Å². The van der Waals surface area contributed by atoms with Crippen molar-refractivity contribution in [1.82, 2.24) is 4.90 Å². The van der Waals surface area contributed by atoms with Gasteiger partial charge < -0.3 is 25.6 Å². The van der Waals surface area contributed by atoms with E-state index in [2.05, 4.69) is 26.9 Å². The van der Waals surface area contributed by atoms with E-state index in [9.17, 15) is 17.6 Å². The topological polar surface area (TPSA) is 66.1 Å². The molecule has 6 nitrogen and oxygen atoms in total. The highest BCUT2D eigenvalue weighted by Gasteiger charge is 2.32. The van der Waals surface area contributed by atoms with E-state index in [1.165, 1.54) is 24.3 Å². The lowest BCUT2D eigenvalue weighted by atomic mass is 10.1. The van der Waals surface area contributed by atoms with Crippen molar-refractivity contribution in [3.63, 3.8) is 0 Å². The molecule has 2 aromatic carbocycles. The van der Waals surface area contributed by atoms with E-state index in [0.717, 1.165) is 38.8 Å². The largest absolute Gasteiger partial charge is 0.573 e. The Labute approximate surface area is 178 Å². The first-order chi connectivity index (χ1) is 14.7. The summed E-state index contributed by atoms with van der Waals surface area (Å²) in [5.41, 5.74) is 6.96. The van der Waals surface area contributed by atoms with Crippen LogP contribution >= 0.6 is 0 Å². The van der Waals surface area contributed by atoms with Crippen molar-refractivity contribution in [2.45, 2.75) is 19.8 Å². The summed E-state index contributed by atoms with van der Waals surface area (Å²) in [6.45, 7) is 6.47. The highest BCUT2D eigenvalue weighted by molar-refractivity contribution is 5.93. The fraction of sp³-hybridized carbons (Fsp3) is 0.381. The Morgan fingerprint density at radius 2 is 1.84 bits per heavy atom. The highest BCUT2D eigenvalue weighted by atomic mass is 19.4. The number of nitrogens with one attached hydrogen (secondary N) is 1. The van der Waals surface area contributed by atoms with Crippen LogP contribution < -0.4 is 20.7 Å². The number of nitrogens with two attached hydrogens (primary N) is 1. The van der Waals surface area contributed by atoms with E-state index in [-0.39, 0.29) is 24.0 Å². The van der Waals surface area contributed by atoms with Gasteiger partial charge in [-0.1, -0.05) is 25.1 Å². The molecule has 3 rings (SSSR count). The number of benzene rings is 2. The number of nitrogens with zero attached hydrogens (tertiary/aromatic N) is 3. The zero-order chi connectivity index (χ0) is 22.4. The van der Waals surface area contributed by atoms with E-state index in [0.29, 0.717) is 11.3 Å². The van der Waals surface area contributed by atoms with Gasteiger partial charge in [-0.3, -0.25) is 0 Å². The van der Waals surface area contributed by atoms with Gasteiger partial charge in [0.05, 0.1) is 17.9 Å². The Balaban J connectivity index is 1.63. The number of likely N-dealkylation sites (N-methyl/N-ethyl adjacent to an activating group) is 1. The minimum absolute atomic E-state index is 0.0221. The molecule has 10 heteroatoms. The second kappa shape index (κ2) is 9.86. The van der Waals surface area contributed by atoms with Gasteiger partial charge in [0, 0.05) is 26.2 Å². The maximum Gasteiger partial charge on any atom is 0.573 e. The van der Waals surface area contributed by atoms with Crippen LogP contribution in [-0.4, -0.2) is 49.9 Å². The van der Waals surface area contributed by atoms with Gasteiger partial charge in [0.15, 0.2) is 11.7 Å². The van der Waals surface area contributed by atoms with Gasteiger partial charge in [0.25, 0.3) is 0 Å². The number of hydrogen-bond acceptors (Lipinski definition) is 4. The summed E-state index contributed by atoms with van der Waals surface area (Å²) < 4.78 is 56.1. The molecule has 1 fully saturated rings. The van der Waals surface area contributed by atoms with Gasteiger partial charge in [0.2, 0.25) is 0 Å². The molecule has 0 saturated carbocycles. The van der Waals surface area contributed by atoms with Crippen LogP contribution in [0.4, 0.5) is 28.9 Å². The molecular formula is C21H25F4N5O. The van der Waals surface area contributed by atoms with Crippen LogP contribution in [0.15, 0.2) is 47.5 Å².